The second kappa shape index (κ2) is 50.3. The molecule has 114 heavy (non-hydrogen) atoms. The molecule has 2 heterocycles. The van der Waals surface area contributed by atoms with E-state index in [4.69, 9.17) is 4.98 Å². The van der Waals surface area contributed by atoms with E-state index in [-0.39, 0.29) is 160 Å². The van der Waals surface area contributed by atoms with Crippen LogP contribution in [0.3, 0.4) is 0 Å². The Morgan fingerprint density at radius 3 is 0.965 bits per heavy atom. The monoisotopic (exact) mass is 2610 g/mol. The van der Waals surface area contributed by atoms with Crippen LogP contribution < -0.4 is 42.5 Å². The van der Waals surface area contributed by atoms with Crippen LogP contribution in [0, 0.1) is 32.1 Å². The van der Waals surface area contributed by atoms with Crippen molar-refractivity contribution in [1.29, 1.82) is 0 Å². The number of carbonyl (C=O) groups is 12. The van der Waals surface area contributed by atoms with Crippen molar-refractivity contribution in [2.75, 3.05) is 121 Å². The molecule has 0 saturated heterocycles. The minimum absolute atomic E-state index is 0.0116. The van der Waals surface area contributed by atoms with Crippen molar-refractivity contribution in [2.24, 2.45) is 0 Å². The number of hydrogen-bond acceptors (Lipinski definition) is 27. The molecule has 0 fully saturated rings. The van der Waals surface area contributed by atoms with Crippen molar-refractivity contribution in [2.45, 2.75) is 107 Å². The molecule has 7 atom stereocenters. The zero-order valence-electron chi connectivity index (χ0n) is 60.1. The minimum Gasteiger partial charge on any atom is -0.480 e. The Bertz CT molecular complexity index is 4090. The fourth-order valence-electron chi connectivity index (χ4n) is 11.1. The molecule has 0 saturated carbocycles. The van der Waals surface area contributed by atoms with Crippen molar-refractivity contribution in [3.05, 3.63) is 95.1 Å². The summed E-state index contributed by atoms with van der Waals surface area (Å²) in [5.74, 6) is -10.2. The van der Waals surface area contributed by atoms with E-state index < -0.39 is 205 Å². The van der Waals surface area contributed by atoms with Crippen LogP contribution in [0.2, 0.25) is 0 Å². The first-order valence-corrected chi connectivity index (χ1v) is 44.2. The minimum atomic E-state index is -1.46. The molecule has 7 unspecified atom stereocenters. The zero-order chi connectivity index (χ0) is 85.1. The Labute approximate surface area is 775 Å². The molecule has 4 aromatic rings. The number of benzene rings is 3. The molecule has 21 N–H and O–H groups in total. The summed E-state index contributed by atoms with van der Waals surface area (Å²) in [6.45, 7) is -6.97. The number of Topliss-reactive ketones (excluding diaryl/α,β-unsaturated/α-hetero) is 2. The summed E-state index contributed by atoms with van der Waals surface area (Å²) < 4.78 is 1.14. The molecular weight excluding hydrogens is 2530 g/mol. The molecular formula is C68H83I9N12O25. The maximum atomic E-state index is 14.3. The lowest BCUT2D eigenvalue weighted by Gasteiger charge is -2.35. The van der Waals surface area contributed by atoms with E-state index >= 15 is 0 Å². The smallest absolute Gasteiger partial charge is 0.320 e. The first-order valence-electron chi connectivity index (χ1n) is 34.5. The largest absolute Gasteiger partial charge is 0.480 e. The number of nitrogens with zero attached hydrogens (tertiary/aromatic N) is 4. The molecule has 1 aliphatic heterocycles. The molecule has 5 rings (SSSR count). The fraction of sp³-hybridized carbons (Fsp3) is 0.485. The number of amides is 8. The predicted molar refractivity (Wildman–Crippen MR) is 485 cm³/mol. The molecule has 0 aliphatic carbocycles. The summed E-state index contributed by atoms with van der Waals surface area (Å²) in [5, 5.41) is 150. The normalized spacial score (nSPS) is 14.8. The number of nitrogens with one attached hydrogen (secondary N) is 8. The molecule has 37 nitrogen and oxygen atoms in total. The van der Waals surface area contributed by atoms with Gasteiger partial charge in [-0.2, -0.15) is 0 Å². The molecule has 628 valence electrons. The van der Waals surface area contributed by atoms with Gasteiger partial charge in [-0.3, -0.25) is 72.3 Å². The second-order valence-electron chi connectivity index (χ2n) is 25.5. The highest BCUT2D eigenvalue weighted by Gasteiger charge is 2.36. The van der Waals surface area contributed by atoms with E-state index in [2.05, 4.69) is 42.5 Å². The Morgan fingerprint density at radius 2 is 0.675 bits per heavy atom. The van der Waals surface area contributed by atoms with E-state index in [0.29, 0.717) is 11.4 Å². The average molecular weight is 2610 g/mol. The van der Waals surface area contributed by atoms with Crippen molar-refractivity contribution < 1.29 is 124 Å². The third-order valence-electron chi connectivity index (χ3n) is 17.1. The molecule has 8 amide bonds. The lowest BCUT2D eigenvalue weighted by atomic mass is 10.0. The topological polar surface area (TPSA) is 587 Å². The second-order valence-corrected chi connectivity index (χ2v) is 35.2. The maximum absolute atomic E-state index is 14.3. The predicted octanol–water partition coefficient (Wildman–Crippen LogP) is 0.545. The van der Waals surface area contributed by atoms with Gasteiger partial charge >= 0.3 is 11.9 Å². The Hall–Kier alpha value is -3.14. The lowest BCUT2D eigenvalue weighted by Crippen LogP contribution is -2.48. The number of aliphatic carboxylic acids is 2. The first-order chi connectivity index (χ1) is 53.9. The highest BCUT2D eigenvalue weighted by molar-refractivity contribution is 14.1. The van der Waals surface area contributed by atoms with E-state index in [9.17, 15) is 124 Å². The van der Waals surface area contributed by atoms with Gasteiger partial charge in [0.25, 0.3) is 29.5 Å². The van der Waals surface area contributed by atoms with Crippen LogP contribution in [0.5, 0.6) is 0 Å². The van der Waals surface area contributed by atoms with Crippen LogP contribution in [0.4, 0.5) is 17.1 Å². The maximum Gasteiger partial charge on any atom is 0.320 e. The van der Waals surface area contributed by atoms with Crippen molar-refractivity contribution in [3.63, 3.8) is 0 Å². The van der Waals surface area contributed by atoms with E-state index in [1.165, 1.54) is 0 Å². The highest BCUT2D eigenvalue weighted by Crippen LogP contribution is 2.40. The summed E-state index contributed by atoms with van der Waals surface area (Å²) >= 11 is 16.1. The Morgan fingerprint density at radius 1 is 0.386 bits per heavy atom. The van der Waals surface area contributed by atoms with Gasteiger partial charge < -0.3 is 114 Å². The molecule has 1 aromatic heterocycles. The van der Waals surface area contributed by atoms with Crippen molar-refractivity contribution in [3.8, 4) is 0 Å². The van der Waals surface area contributed by atoms with Gasteiger partial charge in [-0.1, -0.05) is 6.07 Å². The van der Waals surface area contributed by atoms with Gasteiger partial charge in [-0.25, -0.2) is 0 Å². The third kappa shape index (κ3) is 29.6. The number of carbonyl (C=O) groups excluding carboxylic acids is 10. The summed E-state index contributed by atoms with van der Waals surface area (Å²) in [4.78, 5) is 175. The van der Waals surface area contributed by atoms with Crippen LogP contribution in [-0.2, 0) is 41.9 Å². The molecule has 1 aliphatic rings. The highest BCUT2D eigenvalue weighted by atomic mass is 127. The number of fused-ring (bicyclic) bond motifs is 2. The number of pyridine rings is 1. The number of carboxylic acid groups (broad SMARTS) is 2. The van der Waals surface area contributed by atoms with Gasteiger partial charge in [-0.05, 0) is 241 Å². The van der Waals surface area contributed by atoms with Gasteiger partial charge in [0.1, 0.15) is 18.7 Å². The number of rotatable bonds is 42. The summed E-state index contributed by atoms with van der Waals surface area (Å²) in [7, 11) is 0. The zero-order valence-corrected chi connectivity index (χ0v) is 79.5. The number of aromatic nitrogens is 1. The van der Waals surface area contributed by atoms with Gasteiger partial charge in [0.15, 0.2) is 11.6 Å². The average Bonchev–Trinajstić information content (AvgIpc) is 0.777. The van der Waals surface area contributed by atoms with Crippen molar-refractivity contribution in [1.82, 2.24) is 46.3 Å². The molecule has 2 bridgehead atoms. The van der Waals surface area contributed by atoms with Crippen LogP contribution >= 0.6 is 203 Å². The Balaban J connectivity index is 1.56. The standard InChI is InChI=1S/C68H83I9N12O25/c69-50-44(40(102)9-6-32(96)24-90)53(72)59(54(73)45(50)62(106)78-17-33(97)25-91)85-42(104)10-7-38(67(111)112)88-15-13-87(12-2-5-41(103)84-60-55(74)46(63(107)79-18-34(98)26-92)51(70)47(56(60)75)64(108)80-19-35(99)27-93)14-16-89(23-31-4-1-3-30(22-88)83-31)39(68(113)114)8-11-43(105)86-61-57(76)48(65(109)81-20-36(100)28-94)52(71)49(58(61)77)66(110)82-21-37(101)29-95/h1,3-4,33-39,90-95,97-101H,2,5-29H2,(H,78,106)(H,79,107)(H,80,108)(H,81,109)(H,82,110)(H,84,103)(H,85,104)(H,86,105)(H,111,112)(H,113,114). The SMILES string of the molecule is O=C(CO)CCC(=O)c1c(I)c(NC(=O)CCC(C(=O)O)N2CCN(CCCC(=O)Nc3c(I)c(C(=O)NCC(O)CO)c(I)c(C(=O)NCC(O)CO)c3I)CCN(C(CCC(=O)Nc3c(I)c(C(=O)NCC(O)CO)c(I)c(C(=O)NCC(O)CO)c3I)C(=O)O)Cc3cccc(n3)C2)c(I)c(C(=O)NCC(O)CO)c1I. The number of aliphatic hydroxyl groups is 11. The lowest BCUT2D eigenvalue weighted by molar-refractivity contribution is -0.145. The van der Waals surface area contributed by atoms with Crippen LogP contribution in [0.1, 0.15) is 125 Å². The number of halogens is 9. The number of aliphatic hydroxyl groups excluding tert-OH is 11. The van der Waals surface area contributed by atoms with Gasteiger partial charge in [-0.15, -0.1) is 0 Å². The molecule has 0 spiro atoms. The van der Waals surface area contributed by atoms with Crippen molar-refractivity contribution >= 4 is 291 Å². The van der Waals surface area contributed by atoms with Crippen LogP contribution in [0.25, 0.3) is 0 Å². The number of ketones is 2. The van der Waals surface area contributed by atoms with Crippen LogP contribution in [0.15, 0.2) is 18.2 Å². The Kier molecular flexibility index (Phi) is 44.8. The van der Waals surface area contributed by atoms with E-state index in [0.717, 1.165) is 0 Å². The molecule has 3 aromatic carbocycles. The molecule has 46 heteroatoms. The number of hydrogen-bond donors (Lipinski definition) is 21. The molecule has 0 radical (unpaired) electrons. The first kappa shape index (κ1) is 101. The van der Waals surface area contributed by atoms with Gasteiger partial charge in [0.05, 0.1) is 138 Å². The summed E-state index contributed by atoms with van der Waals surface area (Å²) in [5.41, 5.74) is -0.0806. The van der Waals surface area contributed by atoms with Crippen LogP contribution in [-0.4, -0.2) is 305 Å². The van der Waals surface area contributed by atoms with E-state index in [1.54, 1.807) is 186 Å². The van der Waals surface area contributed by atoms with Gasteiger partial charge in [0.2, 0.25) is 17.7 Å². The summed E-state index contributed by atoms with van der Waals surface area (Å²) in [6, 6.07) is 1.90. The van der Waals surface area contributed by atoms with Gasteiger partial charge in [0, 0.05) is 124 Å². The third-order valence-corrected chi connectivity index (χ3v) is 26.8. The number of carboxylic acids is 2. The fourth-order valence-corrected chi connectivity index (χ4v) is 24.4. The van der Waals surface area contributed by atoms with E-state index in [1.807, 2.05) is 50.1 Å². The quantitative estimate of drug-likeness (QED) is 0.0213. The number of anilines is 3. The summed E-state index contributed by atoms with van der Waals surface area (Å²) in [6.07, 6.45) is -9.56.